The summed E-state index contributed by atoms with van der Waals surface area (Å²) in [5.74, 6) is -0.604. The van der Waals surface area contributed by atoms with E-state index in [4.69, 9.17) is 0 Å². The number of methoxy groups -OCH3 is 1. The van der Waals surface area contributed by atoms with Crippen molar-refractivity contribution in [2.45, 2.75) is 0 Å². The Kier molecular flexibility index (Phi) is 3.75. The van der Waals surface area contributed by atoms with Gasteiger partial charge in [-0.2, -0.15) is 4.40 Å². The molecule has 5 nitrogen and oxygen atoms in total. The molecule has 1 aromatic heterocycles. The maximum atomic E-state index is 11.4. The quantitative estimate of drug-likeness (QED) is 0.836. The summed E-state index contributed by atoms with van der Waals surface area (Å²) in [6, 6.07) is 3.72. The Labute approximate surface area is 112 Å². The molecule has 1 aliphatic heterocycles. The van der Waals surface area contributed by atoms with Crippen molar-refractivity contribution in [3.8, 4) is 0 Å². The Morgan fingerprint density at radius 2 is 2.35 bits per heavy atom. The first-order valence-corrected chi connectivity index (χ1v) is 7.14. The molecule has 1 aromatic rings. The topological polar surface area (TPSA) is 67.8 Å². The Hall–Kier alpha value is -0.990. The van der Waals surface area contributed by atoms with Gasteiger partial charge in [-0.1, -0.05) is 0 Å². The van der Waals surface area contributed by atoms with E-state index in [1.165, 1.54) is 24.5 Å². The van der Waals surface area contributed by atoms with Crippen molar-refractivity contribution in [2.24, 2.45) is 4.40 Å². The molecule has 0 spiro atoms. The number of hydrogen-bond donors (Lipinski definition) is 1. The average Bonchev–Trinajstić information content (AvgIpc) is 2.74. The van der Waals surface area contributed by atoms with E-state index in [2.05, 4.69) is 29.8 Å². The monoisotopic (exact) mass is 334 g/mol. The van der Waals surface area contributed by atoms with Crippen LogP contribution in [0.2, 0.25) is 0 Å². The molecule has 0 bridgehead atoms. The zero-order valence-electron chi connectivity index (χ0n) is 8.60. The van der Waals surface area contributed by atoms with E-state index in [0.29, 0.717) is 5.70 Å². The van der Waals surface area contributed by atoms with E-state index in [1.54, 1.807) is 0 Å². The number of carbonyl (C=O) groups excluding carboxylic acids is 1. The van der Waals surface area contributed by atoms with Crippen molar-refractivity contribution >= 4 is 55.8 Å². The van der Waals surface area contributed by atoms with Gasteiger partial charge in [0.1, 0.15) is 0 Å². The maximum Gasteiger partial charge on any atom is 0.357 e. The van der Waals surface area contributed by atoms with Gasteiger partial charge in [0.2, 0.25) is 11.2 Å². The van der Waals surface area contributed by atoms with Crippen LogP contribution in [-0.2, 0) is 20.7 Å². The molecule has 0 fully saturated rings. The lowest BCUT2D eigenvalue weighted by Gasteiger charge is -2.11. The lowest BCUT2D eigenvalue weighted by molar-refractivity contribution is -0.132. The van der Waals surface area contributed by atoms with E-state index in [9.17, 15) is 9.00 Å². The van der Waals surface area contributed by atoms with Gasteiger partial charge in [-0.15, -0.1) is 11.3 Å². The second-order valence-electron chi connectivity index (χ2n) is 2.98. The molecule has 1 atom stereocenters. The third-order valence-electron chi connectivity index (χ3n) is 1.89. The van der Waals surface area contributed by atoms with Gasteiger partial charge < -0.3 is 4.74 Å². The first-order valence-electron chi connectivity index (χ1n) is 4.43. The summed E-state index contributed by atoms with van der Waals surface area (Å²) in [7, 11) is 1.26. The Morgan fingerprint density at radius 3 is 2.94 bits per heavy atom. The van der Waals surface area contributed by atoms with Gasteiger partial charge in [0, 0.05) is 0 Å². The van der Waals surface area contributed by atoms with Crippen LogP contribution in [0.15, 0.2) is 26.4 Å². The number of halogens is 1. The van der Waals surface area contributed by atoms with Crippen molar-refractivity contribution in [2.75, 3.05) is 7.11 Å². The summed E-state index contributed by atoms with van der Waals surface area (Å²) < 4.78 is 23.3. The van der Waals surface area contributed by atoms with Crippen molar-refractivity contribution in [1.82, 2.24) is 4.72 Å². The van der Waals surface area contributed by atoms with Crippen LogP contribution in [0.1, 0.15) is 4.88 Å². The van der Waals surface area contributed by atoms with Gasteiger partial charge in [0.25, 0.3) is 0 Å². The highest BCUT2D eigenvalue weighted by Crippen LogP contribution is 2.28. The minimum atomic E-state index is -1.65. The van der Waals surface area contributed by atoms with E-state index in [-0.39, 0.29) is 5.71 Å². The summed E-state index contributed by atoms with van der Waals surface area (Å²) in [6.07, 6.45) is 1.52. The summed E-state index contributed by atoms with van der Waals surface area (Å²) in [4.78, 5) is 12.2. The number of esters is 1. The molecule has 90 valence electrons. The fourth-order valence-electron chi connectivity index (χ4n) is 1.18. The number of nitrogens with one attached hydrogen (secondary N) is 1. The highest BCUT2D eigenvalue weighted by atomic mass is 79.9. The fourth-order valence-corrected chi connectivity index (χ4v) is 3.31. The van der Waals surface area contributed by atoms with E-state index in [0.717, 1.165) is 8.66 Å². The smallest absolute Gasteiger partial charge is 0.357 e. The van der Waals surface area contributed by atoms with E-state index < -0.39 is 17.1 Å². The van der Waals surface area contributed by atoms with Crippen LogP contribution in [-0.4, -0.2) is 23.0 Å². The molecule has 0 aliphatic carbocycles. The molecular formula is C9H7BrN2O3S2. The summed E-state index contributed by atoms with van der Waals surface area (Å²) >= 11 is 3.15. The van der Waals surface area contributed by atoms with Crippen LogP contribution < -0.4 is 4.72 Å². The van der Waals surface area contributed by atoms with Crippen LogP contribution in [0, 0.1) is 0 Å². The second kappa shape index (κ2) is 5.11. The highest BCUT2D eigenvalue weighted by Gasteiger charge is 2.19. The molecule has 0 aromatic carbocycles. The summed E-state index contributed by atoms with van der Waals surface area (Å²) in [5, 5.41) is 0. The minimum absolute atomic E-state index is 0.0455. The lowest BCUT2D eigenvalue weighted by atomic mass is 10.2. The minimum Gasteiger partial charge on any atom is -0.464 e. The molecule has 2 rings (SSSR count). The fraction of sp³-hybridized carbons (Fsp3) is 0.111. The number of hydrogen-bond acceptors (Lipinski definition) is 4. The maximum absolute atomic E-state index is 11.4. The molecule has 2 heterocycles. The summed E-state index contributed by atoms with van der Waals surface area (Å²) in [5.41, 5.74) is 0.638. The molecule has 0 saturated heterocycles. The van der Waals surface area contributed by atoms with Gasteiger partial charge in [0.05, 0.1) is 21.5 Å². The largest absolute Gasteiger partial charge is 0.464 e. The first kappa shape index (κ1) is 12.5. The van der Waals surface area contributed by atoms with Crippen LogP contribution in [0.3, 0.4) is 0 Å². The van der Waals surface area contributed by atoms with Gasteiger partial charge in [-0.3, -0.25) is 4.72 Å². The Balaban J connectivity index is 2.36. The number of nitrogens with zero attached hydrogens (tertiary/aromatic N) is 1. The molecule has 0 saturated carbocycles. The van der Waals surface area contributed by atoms with Crippen LogP contribution in [0.5, 0.6) is 0 Å². The van der Waals surface area contributed by atoms with Crippen molar-refractivity contribution in [3.63, 3.8) is 0 Å². The molecule has 8 heteroatoms. The third-order valence-corrected chi connectivity index (χ3v) is 4.31. The normalized spacial score (nSPS) is 19.1. The molecule has 1 N–H and O–H groups in total. The van der Waals surface area contributed by atoms with Crippen LogP contribution in [0.25, 0.3) is 5.70 Å². The van der Waals surface area contributed by atoms with Gasteiger partial charge >= 0.3 is 5.97 Å². The van der Waals surface area contributed by atoms with Crippen molar-refractivity contribution in [3.05, 3.63) is 26.9 Å². The molecule has 0 amide bonds. The molecule has 1 unspecified atom stereocenters. The van der Waals surface area contributed by atoms with Gasteiger partial charge in [0.15, 0.2) is 5.71 Å². The SMILES string of the molecule is COC(=O)C1=NS(=O)NC(c2ccc(Br)s2)=C1. The Morgan fingerprint density at radius 1 is 1.59 bits per heavy atom. The second-order valence-corrected chi connectivity index (χ2v) is 6.33. The van der Waals surface area contributed by atoms with Gasteiger partial charge in [-0.05, 0) is 34.1 Å². The lowest BCUT2D eigenvalue weighted by Crippen LogP contribution is -2.25. The van der Waals surface area contributed by atoms with Crippen LogP contribution >= 0.6 is 27.3 Å². The first-order chi connectivity index (χ1) is 8.10. The molecule has 1 aliphatic rings. The summed E-state index contributed by atoms with van der Waals surface area (Å²) in [6.45, 7) is 0. The predicted molar refractivity (Wildman–Crippen MR) is 70.7 cm³/mol. The molecule has 17 heavy (non-hydrogen) atoms. The van der Waals surface area contributed by atoms with E-state index in [1.807, 2.05) is 12.1 Å². The standard InChI is InChI=1S/C9H7BrN2O3S2/c1-15-9(13)6-4-5(11-17(14)12-6)7-2-3-8(10)16-7/h2-4,11H,1H3. The third kappa shape index (κ3) is 2.82. The molecule has 0 radical (unpaired) electrons. The Bertz CT molecular complexity index is 550. The predicted octanol–water partition coefficient (Wildman–Crippen LogP) is 1.65. The van der Waals surface area contributed by atoms with E-state index >= 15 is 0 Å². The number of carbonyl (C=O) groups is 1. The number of rotatable bonds is 2. The van der Waals surface area contributed by atoms with Crippen molar-refractivity contribution < 1.29 is 13.7 Å². The van der Waals surface area contributed by atoms with Crippen LogP contribution in [0.4, 0.5) is 0 Å². The van der Waals surface area contributed by atoms with Gasteiger partial charge in [-0.25, -0.2) is 9.00 Å². The average molecular weight is 335 g/mol. The highest BCUT2D eigenvalue weighted by molar-refractivity contribution is 9.11. The number of ether oxygens (including phenoxy) is 1. The zero-order chi connectivity index (χ0) is 12.4. The van der Waals surface area contributed by atoms with Crippen molar-refractivity contribution in [1.29, 1.82) is 0 Å². The number of thiophene rings is 1. The zero-order valence-corrected chi connectivity index (χ0v) is 11.8. The molecular weight excluding hydrogens is 328 g/mol.